The average Bonchev–Trinajstić information content (AvgIpc) is 2.70. The van der Waals surface area contributed by atoms with E-state index in [9.17, 15) is 4.79 Å². The molecule has 1 aromatic heterocycles. The van der Waals surface area contributed by atoms with Crippen molar-refractivity contribution in [1.29, 1.82) is 0 Å². The summed E-state index contributed by atoms with van der Waals surface area (Å²) in [6.07, 6.45) is 0.929. The molecule has 1 unspecified atom stereocenters. The van der Waals surface area contributed by atoms with Crippen LogP contribution < -0.4 is 0 Å². The highest BCUT2D eigenvalue weighted by atomic mass is 16.5. The molecule has 0 saturated heterocycles. The van der Waals surface area contributed by atoms with Crippen molar-refractivity contribution in [2.45, 2.75) is 19.3 Å². The quantitative estimate of drug-likeness (QED) is 0.796. The van der Waals surface area contributed by atoms with Crippen LogP contribution in [0.15, 0.2) is 0 Å². The fourth-order valence-corrected chi connectivity index (χ4v) is 3.02. The molecule has 3 atom stereocenters. The Morgan fingerprint density at radius 3 is 3.12 bits per heavy atom. The van der Waals surface area contributed by atoms with E-state index >= 15 is 0 Å². The molecule has 1 heterocycles. The molecule has 5 nitrogen and oxygen atoms in total. The third-order valence-electron chi connectivity index (χ3n) is 3.82. The van der Waals surface area contributed by atoms with Crippen LogP contribution in [0.4, 0.5) is 0 Å². The largest absolute Gasteiger partial charge is 0.461 e. The lowest BCUT2D eigenvalue weighted by atomic mass is 10.1. The topological polar surface area (TPSA) is 64.2 Å². The van der Waals surface area contributed by atoms with Gasteiger partial charge in [-0.2, -0.15) is 5.10 Å². The summed E-state index contributed by atoms with van der Waals surface area (Å²) in [7, 11) is 1.73. The molecule has 1 aromatic rings. The number of aromatic amines is 1. The number of carbonyl (C=O) groups excluding carboxylic acids is 1. The first kappa shape index (κ1) is 10.8. The number of fused-ring (bicyclic) bond motifs is 3. The number of nitrogens with one attached hydrogen (secondary N) is 1. The van der Waals surface area contributed by atoms with Crippen molar-refractivity contribution in [3.8, 4) is 0 Å². The Labute approximate surface area is 99.5 Å². The number of methoxy groups -OCH3 is 1. The van der Waals surface area contributed by atoms with Crippen LogP contribution in [0.2, 0.25) is 0 Å². The molecule has 0 aromatic carbocycles. The molecule has 1 N–H and O–H groups in total. The molecule has 1 saturated carbocycles. The summed E-state index contributed by atoms with van der Waals surface area (Å²) < 4.78 is 10.2. The van der Waals surface area contributed by atoms with Gasteiger partial charge in [-0.05, 0) is 25.2 Å². The molecular weight excluding hydrogens is 220 g/mol. The van der Waals surface area contributed by atoms with Crippen LogP contribution in [0.25, 0.3) is 0 Å². The van der Waals surface area contributed by atoms with Gasteiger partial charge in [-0.3, -0.25) is 5.10 Å². The predicted octanol–water partition coefficient (Wildman–Crippen LogP) is 1.12. The molecule has 2 aliphatic carbocycles. The van der Waals surface area contributed by atoms with Crippen LogP contribution in [-0.2, 0) is 15.9 Å². The second-order valence-electron chi connectivity index (χ2n) is 4.70. The van der Waals surface area contributed by atoms with E-state index in [1.807, 2.05) is 0 Å². The number of carbonyl (C=O) groups is 1. The van der Waals surface area contributed by atoms with Crippen LogP contribution in [0.1, 0.15) is 34.6 Å². The zero-order valence-electron chi connectivity index (χ0n) is 10.0. The van der Waals surface area contributed by atoms with Gasteiger partial charge >= 0.3 is 5.97 Å². The lowest BCUT2D eigenvalue weighted by Gasteiger charge is -2.03. The van der Waals surface area contributed by atoms with Crippen molar-refractivity contribution < 1.29 is 14.3 Å². The average molecular weight is 236 g/mol. The number of nitrogens with zero attached hydrogens (tertiary/aromatic N) is 1. The zero-order chi connectivity index (χ0) is 12.0. The second kappa shape index (κ2) is 3.84. The Balaban J connectivity index is 1.79. The standard InChI is InChI=1S/C12H16N2O3/c1-3-17-12(15)11-7-4-6-8(5-16-2)9(6)10(7)13-14-11/h6,8-9H,3-5H2,1-2H3,(H,13,14)/t6-,8?,9-/m1/s1. The van der Waals surface area contributed by atoms with Gasteiger partial charge in [0.1, 0.15) is 5.69 Å². The van der Waals surface area contributed by atoms with E-state index in [0.29, 0.717) is 30.1 Å². The van der Waals surface area contributed by atoms with Crippen LogP contribution in [-0.4, -0.2) is 36.5 Å². The van der Waals surface area contributed by atoms with Crippen LogP contribution >= 0.6 is 0 Å². The normalized spacial score (nSPS) is 28.7. The van der Waals surface area contributed by atoms with E-state index in [1.54, 1.807) is 14.0 Å². The van der Waals surface area contributed by atoms with Gasteiger partial charge in [0.15, 0.2) is 0 Å². The number of H-pyrrole nitrogens is 1. The van der Waals surface area contributed by atoms with Crippen LogP contribution in [0, 0.1) is 11.8 Å². The Morgan fingerprint density at radius 2 is 2.41 bits per heavy atom. The highest BCUT2D eigenvalue weighted by molar-refractivity contribution is 5.89. The number of ether oxygens (including phenoxy) is 2. The van der Waals surface area contributed by atoms with Crippen molar-refractivity contribution in [2.24, 2.45) is 11.8 Å². The van der Waals surface area contributed by atoms with Crippen LogP contribution in [0.5, 0.6) is 0 Å². The first-order valence-electron chi connectivity index (χ1n) is 6.01. The van der Waals surface area contributed by atoms with E-state index in [1.165, 1.54) is 0 Å². The predicted molar refractivity (Wildman–Crippen MR) is 59.8 cm³/mol. The zero-order valence-corrected chi connectivity index (χ0v) is 10.0. The Hall–Kier alpha value is -1.36. The smallest absolute Gasteiger partial charge is 0.356 e. The molecular formula is C12H16N2O3. The monoisotopic (exact) mass is 236 g/mol. The summed E-state index contributed by atoms with van der Waals surface area (Å²) in [4.78, 5) is 11.7. The SMILES string of the molecule is CCOC(=O)c1[nH]nc2c1C[C@@H]1C(COC)[C@H]21. The summed E-state index contributed by atoms with van der Waals surface area (Å²) in [5.41, 5.74) is 2.66. The Morgan fingerprint density at radius 1 is 1.59 bits per heavy atom. The minimum absolute atomic E-state index is 0.286. The summed E-state index contributed by atoms with van der Waals surface area (Å²) in [5, 5.41) is 7.09. The molecule has 0 bridgehead atoms. The third kappa shape index (κ3) is 1.49. The van der Waals surface area contributed by atoms with Crippen molar-refractivity contribution >= 4 is 5.97 Å². The van der Waals surface area contributed by atoms with E-state index in [0.717, 1.165) is 24.3 Å². The number of aromatic nitrogens is 2. The van der Waals surface area contributed by atoms with Crippen molar-refractivity contribution in [2.75, 3.05) is 20.3 Å². The summed E-state index contributed by atoms with van der Waals surface area (Å²) in [6.45, 7) is 2.99. The molecule has 0 radical (unpaired) electrons. The minimum Gasteiger partial charge on any atom is -0.461 e. The van der Waals surface area contributed by atoms with E-state index in [-0.39, 0.29) is 5.97 Å². The molecule has 17 heavy (non-hydrogen) atoms. The molecule has 0 amide bonds. The first-order valence-corrected chi connectivity index (χ1v) is 6.01. The van der Waals surface area contributed by atoms with Crippen molar-refractivity contribution in [1.82, 2.24) is 10.2 Å². The summed E-state index contributed by atoms with van der Waals surface area (Å²) in [6, 6.07) is 0. The molecule has 5 heteroatoms. The molecule has 0 spiro atoms. The fraction of sp³-hybridized carbons (Fsp3) is 0.667. The van der Waals surface area contributed by atoms with E-state index in [2.05, 4.69) is 10.2 Å². The Kier molecular flexibility index (Phi) is 2.43. The van der Waals surface area contributed by atoms with Crippen LogP contribution in [0.3, 0.4) is 0 Å². The fourth-order valence-electron chi connectivity index (χ4n) is 3.02. The van der Waals surface area contributed by atoms with Gasteiger partial charge in [0, 0.05) is 25.2 Å². The Bertz CT molecular complexity index is 455. The lowest BCUT2D eigenvalue weighted by Crippen LogP contribution is -2.09. The van der Waals surface area contributed by atoms with Gasteiger partial charge in [0.05, 0.1) is 12.3 Å². The molecule has 0 aliphatic heterocycles. The van der Waals surface area contributed by atoms with Gasteiger partial charge < -0.3 is 9.47 Å². The first-order chi connectivity index (χ1) is 8.27. The number of rotatable bonds is 4. The summed E-state index contributed by atoms with van der Waals surface area (Å²) >= 11 is 0. The maximum Gasteiger partial charge on any atom is 0.356 e. The number of hydrogen-bond acceptors (Lipinski definition) is 4. The van der Waals surface area contributed by atoms with E-state index < -0.39 is 0 Å². The maximum absolute atomic E-state index is 11.7. The van der Waals surface area contributed by atoms with Crippen molar-refractivity contribution in [3.63, 3.8) is 0 Å². The second-order valence-corrected chi connectivity index (χ2v) is 4.70. The number of esters is 1. The summed E-state index contributed by atoms with van der Waals surface area (Å²) in [5.74, 6) is 1.41. The van der Waals surface area contributed by atoms with Gasteiger partial charge in [0.25, 0.3) is 0 Å². The van der Waals surface area contributed by atoms with Gasteiger partial charge in [0.2, 0.25) is 0 Å². The van der Waals surface area contributed by atoms with E-state index in [4.69, 9.17) is 9.47 Å². The molecule has 1 fully saturated rings. The van der Waals surface area contributed by atoms with Gasteiger partial charge in [-0.15, -0.1) is 0 Å². The van der Waals surface area contributed by atoms with Crippen molar-refractivity contribution in [3.05, 3.63) is 17.0 Å². The molecule has 3 rings (SSSR count). The lowest BCUT2D eigenvalue weighted by molar-refractivity contribution is 0.0518. The molecule has 2 aliphatic rings. The third-order valence-corrected chi connectivity index (χ3v) is 3.82. The number of hydrogen-bond donors (Lipinski definition) is 1. The van der Waals surface area contributed by atoms with Gasteiger partial charge in [-0.1, -0.05) is 0 Å². The highest BCUT2D eigenvalue weighted by Gasteiger charge is 2.58. The highest BCUT2D eigenvalue weighted by Crippen LogP contribution is 2.61. The minimum atomic E-state index is -0.286. The van der Waals surface area contributed by atoms with Gasteiger partial charge in [-0.25, -0.2) is 4.79 Å². The maximum atomic E-state index is 11.7. The molecule has 92 valence electrons.